The first-order valence-electron chi connectivity index (χ1n) is 3.83. The van der Waals surface area contributed by atoms with Crippen LogP contribution in [-0.4, -0.2) is 9.97 Å². The van der Waals surface area contributed by atoms with Gasteiger partial charge in [0.1, 0.15) is 0 Å². The van der Waals surface area contributed by atoms with Crippen molar-refractivity contribution in [3.8, 4) is 0 Å². The van der Waals surface area contributed by atoms with Crippen LogP contribution in [0.3, 0.4) is 0 Å². The van der Waals surface area contributed by atoms with Crippen LogP contribution in [0.1, 0.15) is 33.6 Å². The second-order valence-corrected chi connectivity index (χ2v) is 1.83. The monoisotopic (exact) mass is 142 g/mol. The fraction of sp³-hybridized carbons (Fsp3) is 0.625. The van der Waals surface area contributed by atoms with E-state index in [0.717, 1.165) is 6.42 Å². The second-order valence-electron chi connectivity index (χ2n) is 1.83. The van der Waals surface area contributed by atoms with E-state index in [-0.39, 0.29) is 1.43 Å². The van der Waals surface area contributed by atoms with Gasteiger partial charge in [-0.1, -0.05) is 20.8 Å². The number of aromatic amines is 1. The molecule has 1 aromatic heterocycles. The zero-order valence-electron chi connectivity index (χ0n) is 7.23. The minimum absolute atomic E-state index is 0. The van der Waals surface area contributed by atoms with Crippen LogP contribution < -0.4 is 0 Å². The Bertz CT molecular complexity index is 172. The third kappa shape index (κ3) is 2.21. The van der Waals surface area contributed by atoms with Gasteiger partial charge in [-0.25, -0.2) is 4.98 Å². The molecule has 0 aliphatic carbocycles. The summed E-state index contributed by atoms with van der Waals surface area (Å²) in [6.45, 7) is 8.13. The van der Waals surface area contributed by atoms with E-state index in [0.29, 0.717) is 0 Å². The molecule has 0 aliphatic rings. The summed E-state index contributed by atoms with van der Waals surface area (Å²) in [5.74, 6) is 0. The predicted molar refractivity (Wildman–Crippen MR) is 46.2 cm³/mol. The highest BCUT2D eigenvalue weighted by atomic mass is 14.9. The Balaban J connectivity index is 0. The van der Waals surface area contributed by atoms with Crippen molar-refractivity contribution < 1.29 is 1.43 Å². The van der Waals surface area contributed by atoms with E-state index >= 15 is 0 Å². The summed E-state index contributed by atoms with van der Waals surface area (Å²) in [7, 11) is 0. The highest BCUT2D eigenvalue weighted by Crippen LogP contribution is 1.98. The Morgan fingerprint density at radius 1 is 1.60 bits per heavy atom. The van der Waals surface area contributed by atoms with Crippen LogP contribution >= 0.6 is 0 Å². The van der Waals surface area contributed by atoms with Crippen molar-refractivity contribution >= 4 is 0 Å². The smallest absolute Gasteiger partial charge is 0.0925 e. The largest absolute Gasteiger partial charge is 0.348 e. The predicted octanol–water partition coefficient (Wildman–Crippen LogP) is 2.55. The molecule has 0 unspecified atom stereocenters. The van der Waals surface area contributed by atoms with E-state index in [1.54, 1.807) is 6.33 Å². The van der Waals surface area contributed by atoms with E-state index in [1.807, 2.05) is 20.8 Å². The fourth-order valence-electron chi connectivity index (χ4n) is 0.744. The van der Waals surface area contributed by atoms with Crippen molar-refractivity contribution in [2.24, 2.45) is 0 Å². The summed E-state index contributed by atoms with van der Waals surface area (Å²) >= 11 is 0. The first-order chi connectivity index (χ1) is 4.84. The van der Waals surface area contributed by atoms with E-state index in [4.69, 9.17) is 0 Å². The van der Waals surface area contributed by atoms with Crippen LogP contribution in [0, 0.1) is 6.92 Å². The molecule has 1 heterocycles. The molecule has 0 fully saturated rings. The van der Waals surface area contributed by atoms with Gasteiger partial charge < -0.3 is 4.98 Å². The highest BCUT2D eigenvalue weighted by molar-refractivity contribution is 5.07. The van der Waals surface area contributed by atoms with Crippen LogP contribution in [0.25, 0.3) is 0 Å². The number of imidazole rings is 1. The standard InChI is InChI=1S/C6H10N2.C2H6.H2/c1-3-6-5(2)7-4-8-6;1-2;/h4H,3H2,1-2H3,(H,7,8);1-2H3;1H. The zero-order chi connectivity index (χ0) is 7.98. The minimum Gasteiger partial charge on any atom is -0.348 e. The molecular formula is C8H18N2. The molecule has 10 heavy (non-hydrogen) atoms. The maximum absolute atomic E-state index is 4.08. The second kappa shape index (κ2) is 5.03. The van der Waals surface area contributed by atoms with Crippen molar-refractivity contribution in [2.45, 2.75) is 34.1 Å². The topological polar surface area (TPSA) is 28.7 Å². The summed E-state index contributed by atoms with van der Waals surface area (Å²) in [6.07, 6.45) is 2.75. The molecule has 2 nitrogen and oxygen atoms in total. The molecule has 2 heteroatoms. The quantitative estimate of drug-likeness (QED) is 0.641. The number of hydrogen-bond donors (Lipinski definition) is 1. The van der Waals surface area contributed by atoms with Crippen molar-refractivity contribution in [1.82, 2.24) is 9.97 Å². The summed E-state index contributed by atoms with van der Waals surface area (Å²) in [4.78, 5) is 7.09. The lowest BCUT2D eigenvalue weighted by Gasteiger charge is -1.86. The number of nitrogens with zero attached hydrogens (tertiary/aromatic N) is 1. The van der Waals surface area contributed by atoms with Crippen LogP contribution in [0.2, 0.25) is 0 Å². The maximum atomic E-state index is 4.08. The molecule has 0 amide bonds. The van der Waals surface area contributed by atoms with Crippen molar-refractivity contribution in [2.75, 3.05) is 0 Å². The normalized spacial score (nSPS) is 8.40. The lowest BCUT2D eigenvalue weighted by atomic mass is 10.3. The van der Waals surface area contributed by atoms with Gasteiger partial charge in [-0.05, 0) is 13.3 Å². The van der Waals surface area contributed by atoms with Gasteiger partial charge in [0.15, 0.2) is 0 Å². The molecule has 0 aliphatic heterocycles. The van der Waals surface area contributed by atoms with Crippen molar-refractivity contribution in [3.05, 3.63) is 17.7 Å². The summed E-state index contributed by atoms with van der Waals surface area (Å²) in [6, 6.07) is 0. The van der Waals surface area contributed by atoms with Crippen molar-refractivity contribution in [1.29, 1.82) is 0 Å². The Hall–Kier alpha value is -0.790. The van der Waals surface area contributed by atoms with Gasteiger partial charge in [0.2, 0.25) is 0 Å². The molecular weight excluding hydrogens is 124 g/mol. The average Bonchev–Trinajstić information content (AvgIpc) is 2.39. The molecule has 0 radical (unpaired) electrons. The van der Waals surface area contributed by atoms with E-state index in [2.05, 4.69) is 16.9 Å². The lowest BCUT2D eigenvalue weighted by molar-refractivity contribution is 1.04. The lowest BCUT2D eigenvalue weighted by Crippen LogP contribution is -1.81. The van der Waals surface area contributed by atoms with E-state index in [9.17, 15) is 0 Å². The number of aromatic nitrogens is 2. The molecule has 0 saturated heterocycles. The Kier molecular flexibility index (Phi) is 4.63. The van der Waals surface area contributed by atoms with Crippen LogP contribution in [0.5, 0.6) is 0 Å². The van der Waals surface area contributed by atoms with Gasteiger partial charge >= 0.3 is 0 Å². The van der Waals surface area contributed by atoms with Crippen LogP contribution in [-0.2, 0) is 6.42 Å². The SMILES string of the molecule is CC.CCc1nc[nH]c1C.[HH]. The molecule has 0 saturated carbocycles. The van der Waals surface area contributed by atoms with E-state index in [1.165, 1.54) is 11.4 Å². The van der Waals surface area contributed by atoms with Gasteiger partial charge in [0.05, 0.1) is 12.0 Å². The maximum Gasteiger partial charge on any atom is 0.0925 e. The summed E-state index contributed by atoms with van der Waals surface area (Å²) in [5.41, 5.74) is 2.36. The highest BCUT2D eigenvalue weighted by Gasteiger charge is 1.93. The van der Waals surface area contributed by atoms with Gasteiger partial charge in [0.25, 0.3) is 0 Å². The Labute approximate surface area is 64.2 Å². The number of H-pyrrole nitrogens is 1. The Morgan fingerprint density at radius 2 is 2.20 bits per heavy atom. The molecule has 0 bridgehead atoms. The molecule has 1 N–H and O–H groups in total. The van der Waals surface area contributed by atoms with Gasteiger partial charge in [0, 0.05) is 7.12 Å². The number of rotatable bonds is 1. The van der Waals surface area contributed by atoms with Gasteiger partial charge in [-0.15, -0.1) is 0 Å². The summed E-state index contributed by atoms with van der Waals surface area (Å²) in [5, 5.41) is 0. The van der Waals surface area contributed by atoms with Gasteiger partial charge in [-0.3, -0.25) is 0 Å². The fourth-order valence-corrected chi connectivity index (χ4v) is 0.744. The van der Waals surface area contributed by atoms with Crippen molar-refractivity contribution in [3.63, 3.8) is 0 Å². The third-order valence-corrected chi connectivity index (χ3v) is 1.27. The third-order valence-electron chi connectivity index (χ3n) is 1.27. The van der Waals surface area contributed by atoms with Gasteiger partial charge in [-0.2, -0.15) is 0 Å². The molecule has 1 aromatic rings. The number of nitrogens with one attached hydrogen (secondary N) is 1. The molecule has 1 rings (SSSR count). The molecule has 0 aromatic carbocycles. The molecule has 0 spiro atoms. The minimum atomic E-state index is 0. The number of hydrogen-bond acceptors (Lipinski definition) is 1. The first-order valence-corrected chi connectivity index (χ1v) is 3.83. The average molecular weight is 142 g/mol. The van der Waals surface area contributed by atoms with Crippen LogP contribution in [0.4, 0.5) is 0 Å². The summed E-state index contributed by atoms with van der Waals surface area (Å²) < 4.78 is 0. The van der Waals surface area contributed by atoms with Crippen LogP contribution in [0.15, 0.2) is 6.33 Å². The zero-order valence-corrected chi connectivity index (χ0v) is 7.23. The first kappa shape index (κ1) is 9.21. The molecule has 0 atom stereocenters. The Morgan fingerprint density at radius 3 is 2.40 bits per heavy atom. The van der Waals surface area contributed by atoms with E-state index < -0.39 is 0 Å². The number of aryl methyl sites for hydroxylation is 2. The molecule has 60 valence electrons.